The van der Waals surface area contributed by atoms with Crippen LogP contribution < -0.4 is 0 Å². The normalized spacial score (nSPS) is 39.5. The third-order valence-electron chi connectivity index (χ3n) is 5.92. The molecule has 0 aromatic rings. The van der Waals surface area contributed by atoms with E-state index in [9.17, 15) is 5.11 Å². The van der Waals surface area contributed by atoms with Crippen molar-refractivity contribution in [1.82, 2.24) is 4.90 Å². The molecule has 104 valence electrons. The summed E-state index contributed by atoms with van der Waals surface area (Å²) in [5.74, 6) is 0. The maximum atomic E-state index is 10.1. The number of aliphatic hydroxyl groups is 1. The second kappa shape index (κ2) is 4.49. The summed E-state index contributed by atoms with van der Waals surface area (Å²) < 4.78 is 0. The zero-order valence-corrected chi connectivity index (χ0v) is 12.1. The third-order valence-corrected chi connectivity index (χ3v) is 5.92. The highest BCUT2D eigenvalue weighted by molar-refractivity contribution is 5.02. The first-order valence-electron chi connectivity index (χ1n) is 7.93. The molecule has 3 rings (SSSR count). The van der Waals surface area contributed by atoms with Gasteiger partial charge in [0.1, 0.15) is 0 Å². The lowest BCUT2D eigenvalue weighted by Crippen LogP contribution is -2.51. The highest BCUT2D eigenvalue weighted by Crippen LogP contribution is 2.52. The Bertz CT molecular complexity index is 306. The quantitative estimate of drug-likeness (QED) is 0.773. The van der Waals surface area contributed by atoms with Crippen molar-refractivity contribution in [3.63, 3.8) is 0 Å². The molecule has 2 saturated carbocycles. The van der Waals surface area contributed by atoms with E-state index in [1.807, 2.05) is 0 Å². The van der Waals surface area contributed by atoms with E-state index in [1.54, 1.807) is 0 Å². The summed E-state index contributed by atoms with van der Waals surface area (Å²) in [4.78, 5) is 2.73. The van der Waals surface area contributed by atoms with Gasteiger partial charge in [-0.05, 0) is 55.9 Å². The fourth-order valence-corrected chi connectivity index (χ4v) is 4.87. The molecule has 1 heterocycles. The Morgan fingerprint density at radius 3 is 2.39 bits per heavy atom. The van der Waals surface area contributed by atoms with Crippen LogP contribution in [0, 0.1) is 10.8 Å². The Kier molecular flexibility index (Phi) is 3.22. The molecule has 2 heteroatoms. The van der Waals surface area contributed by atoms with Crippen molar-refractivity contribution in [2.45, 2.75) is 77.4 Å². The molecule has 0 aromatic carbocycles. The maximum absolute atomic E-state index is 10.1. The van der Waals surface area contributed by atoms with Crippen LogP contribution in [0.3, 0.4) is 0 Å². The van der Waals surface area contributed by atoms with Gasteiger partial charge in [-0.1, -0.05) is 26.7 Å². The first kappa shape index (κ1) is 12.9. The molecule has 1 aliphatic heterocycles. The van der Waals surface area contributed by atoms with E-state index in [0.29, 0.717) is 16.9 Å². The first-order chi connectivity index (χ1) is 8.51. The van der Waals surface area contributed by atoms with E-state index >= 15 is 0 Å². The summed E-state index contributed by atoms with van der Waals surface area (Å²) in [5, 5.41) is 10.1. The fourth-order valence-electron chi connectivity index (χ4n) is 4.87. The van der Waals surface area contributed by atoms with Crippen molar-refractivity contribution >= 4 is 0 Å². The van der Waals surface area contributed by atoms with Gasteiger partial charge in [0.05, 0.1) is 6.10 Å². The van der Waals surface area contributed by atoms with E-state index in [1.165, 1.54) is 51.6 Å². The molecule has 0 amide bonds. The van der Waals surface area contributed by atoms with Crippen molar-refractivity contribution in [3.8, 4) is 0 Å². The predicted octanol–water partition coefficient (Wildman–Crippen LogP) is 3.19. The minimum atomic E-state index is -0.0371. The van der Waals surface area contributed by atoms with Crippen LogP contribution in [-0.2, 0) is 0 Å². The van der Waals surface area contributed by atoms with Crippen LogP contribution in [0.25, 0.3) is 0 Å². The summed E-state index contributed by atoms with van der Waals surface area (Å²) in [6.07, 6.45) is 10.3. The van der Waals surface area contributed by atoms with Crippen LogP contribution in [0.15, 0.2) is 0 Å². The topological polar surface area (TPSA) is 23.5 Å². The lowest BCUT2D eigenvalue weighted by Gasteiger charge is -2.48. The van der Waals surface area contributed by atoms with Gasteiger partial charge in [-0.3, -0.25) is 4.90 Å². The molecule has 3 aliphatic rings. The van der Waals surface area contributed by atoms with Gasteiger partial charge in [0.15, 0.2) is 0 Å². The maximum Gasteiger partial charge on any atom is 0.0555 e. The minimum absolute atomic E-state index is 0.0371. The Hall–Kier alpha value is -0.0800. The lowest BCUT2D eigenvalue weighted by molar-refractivity contribution is -0.0207. The zero-order valence-electron chi connectivity index (χ0n) is 12.1. The number of nitrogens with zero attached hydrogens (tertiary/aromatic N) is 1. The van der Waals surface area contributed by atoms with E-state index in [-0.39, 0.29) is 6.10 Å². The average molecular weight is 251 g/mol. The van der Waals surface area contributed by atoms with Crippen LogP contribution in [0.5, 0.6) is 0 Å². The number of hydrogen-bond acceptors (Lipinski definition) is 2. The van der Waals surface area contributed by atoms with Crippen LogP contribution in [-0.4, -0.2) is 35.2 Å². The lowest BCUT2D eigenvalue weighted by atomic mass is 9.67. The molecule has 1 N–H and O–H groups in total. The molecule has 3 fully saturated rings. The Balaban J connectivity index is 1.78. The fraction of sp³-hybridized carbons (Fsp3) is 1.00. The number of rotatable bonds is 1. The minimum Gasteiger partial charge on any atom is -0.393 e. The smallest absolute Gasteiger partial charge is 0.0555 e. The summed E-state index contributed by atoms with van der Waals surface area (Å²) in [7, 11) is 0. The first-order valence-corrected chi connectivity index (χ1v) is 7.93. The Morgan fingerprint density at radius 1 is 1.06 bits per heavy atom. The molecular formula is C16H29NO. The molecule has 0 radical (unpaired) electrons. The van der Waals surface area contributed by atoms with Crippen LogP contribution >= 0.6 is 0 Å². The molecule has 18 heavy (non-hydrogen) atoms. The molecule has 2 aliphatic carbocycles. The standard InChI is InChI=1S/C16H29NO/c1-15(2)9-10-17(12-15)14-11-13(18)5-8-16(14)6-3-4-7-16/h13-14,18H,3-12H2,1-2H3. The molecule has 1 spiro atoms. The van der Waals surface area contributed by atoms with E-state index in [4.69, 9.17) is 0 Å². The molecular weight excluding hydrogens is 222 g/mol. The van der Waals surface area contributed by atoms with Crippen LogP contribution in [0.4, 0.5) is 0 Å². The van der Waals surface area contributed by atoms with Crippen molar-refractivity contribution in [1.29, 1.82) is 0 Å². The van der Waals surface area contributed by atoms with Gasteiger partial charge in [-0.25, -0.2) is 0 Å². The van der Waals surface area contributed by atoms with Gasteiger partial charge in [0.25, 0.3) is 0 Å². The second-order valence-corrected chi connectivity index (χ2v) is 7.90. The monoisotopic (exact) mass is 251 g/mol. The average Bonchev–Trinajstić information content (AvgIpc) is 2.90. The number of hydrogen-bond donors (Lipinski definition) is 1. The van der Waals surface area contributed by atoms with Crippen LogP contribution in [0.2, 0.25) is 0 Å². The van der Waals surface area contributed by atoms with Crippen molar-refractivity contribution in [2.24, 2.45) is 10.8 Å². The van der Waals surface area contributed by atoms with Gasteiger partial charge >= 0.3 is 0 Å². The summed E-state index contributed by atoms with van der Waals surface area (Å²) in [6.45, 7) is 7.29. The van der Waals surface area contributed by atoms with Crippen molar-refractivity contribution < 1.29 is 5.11 Å². The van der Waals surface area contributed by atoms with Gasteiger partial charge in [-0.15, -0.1) is 0 Å². The predicted molar refractivity (Wildman–Crippen MR) is 74.5 cm³/mol. The molecule has 2 unspecified atom stereocenters. The highest BCUT2D eigenvalue weighted by atomic mass is 16.3. The highest BCUT2D eigenvalue weighted by Gasteiger charge is 2.49. The van der Waals surface area contributed by atoms with E-state index < -0.39 is 0 Å². The van der Waals surface area contributed by atoms with Crippen molar-refractivity contribution in [3.05, 3.63) is 0 Å². The largest absolute Gasteiger partial charge is 0.393 e. The van der Waals surface area contributed by atoms with Crippen molar-refractivity contribution in [2.75, 3.05) is 13.1 Å². The van der Waals surface area contributed by atoms with Crippen LogP contribution in [0.1, 0.15) is 65.2 Å². The number of likely N-dealkylation sites (tertiary alicyclic amines) is 1. The summed E-state index contributed by atoms with van der Waals surface area (Å²) >= 11 is 0. The molecule has 0 aromatic heterocycles. The van der Waals surface area contributed by atoms with E-state index in [2.05, 4.69) is 18.7 Å². The molecule has 0 bridgehead atoms. The molecule has 2 nitrogen and oxygen atoms in total. The van der Waals surface area contributed by atoms with E-state index in [0.717, 1.165) is 12.8 Å². The number of aliphatic hydroxyl groups excluding tert-OH is 1. The third kappa shape index (κ3) is 2.22. The van der Waals surface area contributed by atoms with Gasteiger partial charge in [0.2, 0.25) is 0 Å². The molecule has 1 saturated heterocycles. The van der Waals surface area contributed by atoms with Gasteiger partial charge in [0, 0.05) is 12.6 Å². The van der Waals surface area contributed by atoms with Gasteiger partial charge in [-0.2, -0.15) is 0 Å². The Morgan fingerprint density at radius 2 is 1.78 bits per heavy atom. The molecule has 2 atom stereocenters. The summed E-state index contributed by atoms with van der Waals surface area (Å²) in [6, 6.07) is 0.672. The summed E-state index contributed by atoms with van der Waals surface area (Å²) in [5.41, 5.74) is 1.06. The second-order valence-electron chi connectivity index (χ2n) is 7.90. The zero-order chi connectivity index (χ0) is 12.8. The Labute approximate surface area is 112 Å². The SMILES string of the molecule is CC1(C)CCN(C2CC(O)CCC23CCCC3)C1. The van der Waals surface area contributed by atoms with Gasteiger partial charge < -0.3 is 5.11 Å².